The van der Waals surface area contributed by atoms with Crippen LogP contribution in [0.25, 0.3) is 0 Å². The van der Waals surface area contributed by atoms with Crippen molar-refractivity contribution in [1.82, 2.24) is 5.32 Å². The number of aliphatic hydroxyl groups is 1. The van der Waals surface area contributed by atoms with Gasteiger partial charge in [0.1, 0.15) is 5.82 Å². The first-order valence-corrected chi connectivity index (χ1v) is 4.93. The first-order valence-electron chi connectivity index (χ1n) is 4.14. The maximum atomic E-state index is 13.3. The third-order valence-electron chi connectivity index (χ3n) is 1.89. The minimum atomic E-state index is -1.33. The molecule has 0 aromatic heterocycles. The lowest BCUT2D eigenvalue weighted by atomic mass is 10.1. The molecule has 0 saturated heterocycles. The van der Waals surface area contributed by atoms with E-state index >= 15 is 0 Å². The van der Waals surface area contributed by atoms with Crippen LogP contribution in [0.15, 0.2) is 10.5 Å². The molecule has 2 N–H and O–H groups in total. The zero-order valence-corrected chi connectivity index (χ0v) is 9.41. The number of benzene rings is 1. The van der Waals surface area contributed by atoms with E-state index < -0.39 is 33.6 Å². The van der Waals surface area contributed by atoms with Gasteiger partial charge in [0.15, 0.2) is 11.6 Å². The SMILES string of the molecule is CNCC(O)c1cc(F)c(Br)c(F)c1F. The number of rotatable bonds is 3. The van der Waals surface area contributed by atoms with Gasteiger partial charge < -0.3 is 10.4 Å². The quantitative estimate of drug-likeness (QED) is 0.658. The Balaban J connectivity index is 3.19. The molecule has 0 spiro atoms. The van der Waals surface area contributed by atoms with Crippen LogP contribution in [0.4, 0.5) is 13.2 Å². The lowest BCUT2D eigenvalue weighted by Gasteiger charge is -2.12. The molecule has 0 aliphatic carbocycles. The van der Waals surface area contributed by atoms with Crippen LogP contribution in [-0.2, 0) is 0 Å². The van der Waals surface area contributed by atoms with E-state index in [9.17, 15) is 18.3 Å². The highest BCUT2D eigenvalue weighted by Gasteiger charge is 2.21. The first-order chi connectivity index (χ1) is 6.99. The molecule has 0 aliphatic rings. The second kappa shape index (κ2) is 4.96. The Kier molecular flexibility index (Phi) is 4.12. The smallest absolute Gasteiger partial charge is 0.176 e. The zero-order chi connectivity index (χ0) is 11.6. The van der Waals surface area contributed by atoms with Gasteiger partial charge in [-0.15, -0.1) is 0 Å². The molecule has 0 fully saturated rings. The fourth-order valence-electron chi connectivity index (χ4n) is 1.14. The van der Waals surface area contributed by atoms with Crippen LogP contribution in [0.1, 0.15) is 11.7 Å². The standard InChI is InChI=1S/C9H9BrF3NO/c1-14-3-6(15)4-2-5(11)7(10)9(13)8(4)12/h2,6,14-15H,3H2,1H3. The van der Waals surface area contributed by atoms with Crippen LogP contribution >= 0.6 is 15.9 Å². The zero-order valence-electron chi connectivity index (χ0n) is 7.82. The van der Waals surface area contributed by atoms with Crippen LogP contribution in [-0.4, -0.2) is 18.7 Å². The molecular weight excluding hydrogens is 275 g/mol. The molecule has 1 rings (SSSR count). The Bertz CT molecular complexity index is 373. The second-order valence-corrected chi connectivity index (χ2v) is 3.76. The first kappa shape index (κ1) is 12.5. The van der Waals surface area contributed by atoms with Crippen molar-refractivity contribution in [3.05, 3.63) is 33.6 Å². The molecule has 15 heavy (non-hydrogen) atoms. The van der Waals surface area contributed by atoms with Gasteiger partial charge in [-0.25, -0.2) is 13.2 Å². The summed E-state index contributed by atoms with van der Waals surface area (Å²) in [6.07, 6.45) is -1.29. The summed E-state index contributed by atoms with van der Waals surface area (Å²) in [6, 6.07) is 0.768. The average molecular weight is 284 g/mol. The molecule has 1 atom stereocenters. The van der Waals surface area contributed by atoms with E-state index in [2.05, 4.69) is 21.2 Å². The Hall–Kier alpha value is -0.590. The predicted molar refractivity (Wildman–Crippen MR) is 52.9 cm³/mol. The number of hydrogen-bond donors (Lipinski definition) is 2. The highest BCUT2D eigenvalue weighted by Crippen LogP contribution is 2.27. The van der Waals surface area contributed by atoms with Gasteiger partial charge in [-0.05, 0) is 29.0 Å². The summed E-state index contributed by atoms with van der Waals surface area (Å²) < 4.78 is 38.8. The van der Waals surface area contributed by atoms with E-state index in [1.165, 1.54) is 7.05 Å². The lowest BCUT2D eigenvalue weighted by molar-refractivity contribution is 0.171. The fraction of sp³-hybridized carbons (Fsp3) is 0.333. The van der Waals surface area contributed by atoms with Gasteiger partial charge in [0.05, 0.1) is 10.6 Å². The van der Waals surface area contributed by atoms with Gasteiger partial charge >= 0.3 is 0 Å². The largest absolute Gasteiger partial charge is 0.387 e. The maximum Gasteiger partial charge on any atom is 0.176 e. The monoisotopic (exact) mass is 283 g/mol. The number of aliphatic hydroxyl groups excluding tert-OH is 1. The lowest BCUT2D eigenvalue weighted by Crippen LogP contribution is -2.18. The Morgan fingerprint density at radius 3 is 2.53 bits per heavy atom. The highest BCUT2D eigenvalue weighted by molar-refractivity contribution is 9.10. The molecule has 1 aromatic rings. The van der Waals surface area contributed by atoms with E-state index in [1.54, 1.807) is 0 Å². The van der Waals surface area contributed by atoms with Gasteiger partial charge in [-0.2, -0.15) is 0 Å². The molecule has 0 amide bonds. The van der Waals surface area contributed by atoms with Crippen molar-refractivity contribution in [1.29, 1.82) is 0 Å². The number of likely N-dealkylation sites (N-methyl/N-ethyl adjacent to an activating group) is 1. The highest BCUT2D eigenvalue weighted by atomic mass is 79.9. The van der Waals surface area contributed by atoms with Crippen molar-refractivity contribution in [2.24, 2.45) is 0 Å². The van der Waals surface area contributed by atoms with Gasteiger partial charge in [0, 0.05) is 12.1 Å². The van der Waals surface area contributed by atoms with Crippen LogP contribution in [0.3, 0.4) is 0 Å². The van der Waals surface area contributed by atoms with Crippen molar-refractivity contribution in [3.63, 3.8) is 0 Å². The summed E-state index contributed by atoms with van der Waals surface area (Å²) in [5.74, 6) is -3.52. The number of hydrogen-bond acceptors (Lipinski definition) is 2. The van der Waals surface area contributed by atoms with Crippen molar-refractivity contribution in [2.45, 2.75) is 6.10 Å². The Morgan fingerprint density at radius 1 is 1.40 bits per heavy atom. The van der Waals surface area contributed by atoms with E-state index in [0.717, 1.165) is 6.07 Å². The molecular formula is C9H9BrF3NO. The molecule has 0 saturated carbocycles. The van der Waals surface area contributed by atoms with Gasteiger partial charge in [-0.3, -0.25) is 0 Å². The minimum absolute atomic E-state index is 0.0113. The van der Waals surface area contributed by atoms with E-state index in [-0.39, 0.29) is 6.54 Å². The van der Waals surface area contributed by atoms with E-state index in [0.29, 0.717) is 0 Å². The summed E-state index contributed by atoms with van der Waals surface area (Å²) in [6.45, 7) is 0.0113. The summed E-state index contributed by atoms with van der Waals surface area (Å²) in [5.41, 5.74) is -0.400. The van der Waals surface area contributed by atoms with Crippen molar-refractivity contribution >= 4 is 15.9 Å². The maximum absolute atomic E-state index is 13.3. The van der Waals surface area contributed by atoms with Crippen molar-refractivity contribution < 1.29 is 18.3 Å². The topological polar surface area (TPSA) is 32.3 Å². The molecule has 0 radical (unpaired) electrons. The summed E-state index contributed by atoms with van der Waals surface area (Å²) in [4.78, 5) is 0. The average Bonchev–Trinajstić information content (AvgIpc) is 2.20. The molecule has 84 valence electrons. The van der Waals surface area contributed by atoms with Gasteiger partial charge in [0.2, 0.25) is 0 Å². The summed E-state index contributed by atoms with van der Waals surface area (Å²) in [5, 5.41) is 12.0. The van der Waals surface area contributed by atoms with E-state index in [4.69, 9.17) is 0 Å². The van der Waals surface area contributed by atoms with E-state index in [1.807, 2.05) is 0 Å². The number of halogens is 4. The van der Waals surface area contributed by atoms with Crippen LogP contribution < -0.4 is 5.32 Å². The van der Waals surface area contributed by atoms with Gasteiger partial charge in [0.25, 0.3) is 0 Å². The molecule has 6 heteroatoms. The fourth-order valence-corrected chi connectivity index (χ4v) is 1.43. The third-order valence-corrected chi connectivity index (χ3v) is 2.61. The van der Waals surface area contributed by atoms with Crippen LogP contribution in [0, 0.1) is 17.5 Å². The molecule has 1 aromatic carbocycles. The molecule has 0 heterocycles. The molecule has 0 bridgehead atoms. The predicted octanol–water partition coefficient (Wildman–Crippen LogP) is 2.12. The van der Waals surface area contributed by atoms with Crippen LogP contribution in [0.5, 0.6) is 0 Å². The summed E-state index contributed by atoms with van der Waals surface area (Å²) in [7, 11) is 1.53. The normalized spacial score (nSPS) is 12.9. The summed E-state index contributed by atoms with van der Waals surface area (Å²) >= 11 is 2.56. The molecule has 0 aliphatic heterocycles. The molecule has 2 nitrogen and oxygen atoms in total. The Morgan fingerprint density at radius 2 is 2.00 bits per heavy atom. The number of nitrogens with one attached hydrogen (secondary N) is 1. The van der Waals surface area contributed by atoms with Crippen molar-refractivity contribution in [2.75, 3.05) is 13.6 Å². The third kappa shape index (κ3) is 2.50. The van der Waals surface area contributed by atoms with Gasteiger partial charge in [-0.1, -0.05) is 0 Å². The van der Waals surface area contributed by atoms with Crippen molar-refractivity contribution in [3.8, 4) is 0 Å². The molecule has 1 unspecified atom stereocenters. The minimum Gasteiger partial charge on any atom is -0.387 e. The van der Waals surface area contributed by atoms with Crippen LogP contribution in [0.2, 0.25) is 0 Å². The Labute approximate surface area is 93.2 Å². The second-order valence-electron chi connectivity index (χ2n) is 2.96.